The first-order valence-corrected chi connectivity index (χ1v) is 10.9. The number of hydrogen-bond acceptors (Lipinski definition) is 4. The molecule has 0 aliphatic carbocycles. The molecule has 2 aromatic heterocycles. The molecule has 29 heavy (non-hydrogen) atoms. The van der Waals surface area contributed by atoms with Crippen molar-refractivity contribution in [1.82, 2.24) is 14.5 Å². The highest BCUT2D eigenvalue weighted by atomic mass is 32.1. The number of carboxylic acid groups (broad SMARTS) is 1. The van der Waals surface area contributed by atoms with Crippen LogP contribution in [0.5, 0.6) is 5.75 Å². The number of nitrogens with zero attached hydrogens (tertiary/aromatic N) is 3. The largest absolute Gasteiger partial charge is 0.494 e. The topological polar surface area (TPSA) is 67.6 Å². The van der Waals surface area contributed by atoms with Crippen molar-refractivity contribution in [3.8, 4) is 11.4 Å². The Morgan fingerprint density at radius 2 is 2.03 bits per heavy atom. The predicted octanol–water partition coefficient (Wildman–Crippen LogP) is 4.70. The van der Waals surface area contributed by atoms with Crippen LogP contribution in [-0.2, 0) is 6.42 Å². The van der Waals surface area contributed by atoms with Crippen LogP contribution in [0.3, 0.4) is 0 Å². The molecule has 152 valence electrons. The fourth-order valence-electron chi connectivity index (χ4n) is 3.99. The molecule has 4 rings (SSSR count). The lowest BCUT2D eigenvalue weighted by Gasteiger charge is -2.37. The van der Waals surface area contributed by atoms with Crippen LogP contribution < -0.4 is 4.74 Å². The highest BCUT2D eigenvalue weighted by molar-refractivity contribution is 7.07. The molecule has 0 spiro atoms. The average molecular weight is 412 g/mol. The number of ether oxygens (including phenoxy) is 1. The second kappa shape index (κ2) is 9.13. The van der Waals surface area contributed by atoms with E-state index >= 15 is 0 Å². The maximum Gasteiger partial charge on any atom is 0.407 e. The Labute approximate surface area is 174 Å². The van der Waals surface area contributed by atoms with E-state index < -0.39 is 6.09 Å². The average Bonchev–Trinajstić information content (AvgIpc) is 3.43. The normalized spacial score (nSPS) is 19.2. The molecule has 1 aliphatic heterocycles. The van der Waals surface area contributed by atoms with Gasteiger partial charge < -0.3 is 19.3 Å². The summed E-state index contributed by atoms with van der Waals surface area (Å²) in [7, 11) is 0. The molecule has 1 amide bonds. The fourth-order valence-corrected chi connectivity index (χ4v) is 4.56. The van der Waals surface area contributed by atoms with Gasteiger partial charge in [-0.1, -0.05) is 0 Å². The van der Waals surface area contributed by atoms with Crippen LogP contribution in [0.25, 0.3) is 5.69 Å². The highest BCUT2D eigenvalue weighted by Crippen LogP contribution is 2.28. The fraction of sp³-hybridized carbons (Fsp3) is 0.364. The van der Waals surface area contributed by atoms with Crippen molar-refractivity contribution >= 4 is 17.4 Å². The Hall–Kier alpha value is -2.80. The zero-order chi connectivity index (χ0) is 20.1. The first-order chi connectivity index (χ1) is 14.2. The molecule has 1 aliphatic rings. The second-order valence-electron chi connectivity index (χ2n) is 7.43. The molecule has 2 unspecified atom stereocenters. The first kappa shape index (κ1) is 19.5. The van der Waals surface area contributed by atoms with Gasteiger partial charge in [0.2, 0.25) is 0 Å². The van der Waals surface area contributed by atoms with E-state index in [0.29, 0.717) is 25.5 Å². The van der Waals surface area contributed by atoms with Gasteiger partial charge in [-0.3, -0.25) is 0 Å². The van der Waals surface area contributed by atoms with Crippen LogP contribution in [0.4, 0.5) is 4.79 Å². The Kier molecular flexibility index (Phi) is 6.14. The number of aromatic nitrogens is 2. The van der Waals surface area contributed by atoms with Crippen LogP contribution >= 0.6 is 11.3 Å². The number of rotatable bonds is 7. The third-order valence-corrected chi connectivity index (χ3v) is 6.17. The van der Waals surface area contributed by atoms with E-state index in [9.17, 15) is 9.90 Å². The Morgan fingerprint density at radius 3 is 2.72 bits per heavy atom. The maximum atomic E-state index is 11.6. The lowest BCUT2D eigenvalue weighted by atomic mass is 9.87. The molecule has 1 saturated heterocycles. The molecule has 7 heteroatoms. The number of carbonyl (C=O) groups is 1. The van der Waals surface area contributed by atoms with E-state index in [-0.39, 0.29) is 6.04 Å². The van der Waals surface area contributed by atoms with E-state index in [1.165, 1.54) is 0 Å². The lowest BCUT2D eigenvalue weighted by molar-refractivity contribution is 0.0839. The second-order valence-corrected chi connectivity index (χ2v) is 8.14. The van der Waals surface area contributed by atoms with Crippen molar-refractivity contribution in [3.63, 3.8) is 0 Å². The lowest BCUT2D eigenvalue weighted by Crippen LogP contribution is -2.46. The van der Waals surface area contributed by atoms with Crippen molar-refractivity contribution in [1.29, 1.82) is 0 Å². The molecule has 0 radical (unpaired) electrons. The summed E-state index contributed by atoms with van der Waals surface area (Å²) in [4.78, 5) is 17.5. The van der Waals surface area contributed by atoms with E-state index in [4.69, 9.17) is 4.74 Å². The summed E-state index contributed by atoms with van der Waals surface area (Å²) < 4.78 is 8.00. The predicted molar refractivity (Wildman–Crippen MR) is 113 cm³/mol. The van der Waals surface area contributed by atoms with Gasteiger partial charge in [0, 0.05) is 42.5 Å². The third-order valence-electron chi connectivity index (χ3n) is 5.53. The Morgan fingerprint density at radius 1 is 1.24 bits per heavy atom. The molecule has 1 fully saturated rings. The Bertz CT molecular complexity index is 894. The minimum atomic E-state index is -0.831. The standard InChI is InChI=1S/C22H25N3O3S/c26-22(27)25-11-7-17(13-20(25)14-18-15-29-16-23-18)8-12-28-21-5-3-19(4-6-21)24-9-1-2-10-24/h1-6,9-10,15-17,20H,7-8,11-14H2,(H,26,27). The number of likely N-dealkylation sites (tertiary alicyclic amines) is 1. The van der Waals surface area contributed by atoms with Gasteiger partial charge in [0.05, 0.1) is 17.8 Å². The highest BCUT2D eigenvalue weighted by Gasteiger charge is 2.31. The Balaban J connectivity index is 1.28. The summed E-state index contributed by atoms with van der Waals surface area (Å²) in [6.45, 7) is 1.23. The third kappa shape index (κ3) is 4.98. The molecule has 1 aromatic carbocycles. The van der Waals surface area contributed by atoms with Crippen molar-refractivity contribution in [3.05, 3.63) is 65.4 Å². The van der Waals surface area contributed by atoms with E-state index in [0.717, 1.165) is 36.4 Å². The van der Waals surface area contributed by atoms with Crippen molar-refractivity contribution in [2.24, 2.45) is 5.92 Å². The van der Waals surface area contributed by atoms with Crippen molar-refractivity contribution < 1.29 is 14.6 Å². The SMILES string of the molecule is O=C(O)N1CCC(CCOc2ccc(-n3cccc3)cc2)CC1Cc1cscn1. The minimum absolute atomic E-state index is 0.00537. The number of benzene rings is 1. The number of thiazole rings is 1. The van der Waals surface area contributed by atoms with Gasteiger partial charge in [0.15, 0.2) is 0 Å². The monoisotopic (exact) mass is 411 g/mol. The zero-order valence-electron chi connectivity index (χ0n) is 16.2. The molecule has 0 saturated carbocycles. The van der Waals surface area contributed by atoms with Gasteiger partial charge in [-0.2, -0.15) is 0 Å². The van der Waals surface area contributed by atoms with Crippen LogP contribution in [0.2, 0.25) is 0 Å². The number of hydrogen-bond donors (Lipinski definition) is 1. The van der Waals surface area contributed by atoms with Crippen LogP contribution in [0, 0.1) is 5.92 Å². The summed E-state index contributed by atoms with van der Waals surface area (Å²) >= 11 is 1.55. The van der Waals surface area contributed by atoms with E-state index in [1.807, 2.05) is 54.2 Å². The van der Waals surface area contributed by atoms with E-state index in [1.54, 1.807) is 21.7 Å². The van der Waals surface area contributed by atoms with Gasteiger partial charge in [-0.05, 0) is 61.6 Å². The molecular formula is C22H25N3O3S. The van der Waals surface area contributed by atoms with E-state index in [2.05, 4.69) is 9.55 Å². The summed E-state index contributed by atoms with van der Waals surface area (Å²) in [5, 5.41) is 11.5. The van der Waals surface area contributed by atoms with Gasteiger partial charge in [-0.25, -0.2) is 9.78 Å². The molecular weight excluding hydrogens is 386 g/mol. The summed E-state index contributed by atoms with van der Waals surface area (Å²) in [5.74, 6) is 1.33. The minimum Gasteiger partial charge on any atom is -0.494 e. The zero-order valence-corrected chi connectivity index (χ0v) is 17.0. The molecule has 3 heterocycles. The summed E-state index contributed by atoms with van der Waals surface area (Å²) in [5.41, 5.74) is 3.88. The summed E-state index contributed by atoms with van der Waals surface area (Å²) in [6.07, 6.45) is 6.56. The van der Waals surface area contributed by atoms with Crippen LogP contribution in [0.15, 0.2) is 59.7 Å². The maximum absolute atomic E-state index is 11.6. The van der Waals surface area contributed by atoms with Crippen molar-refractivity contribution in [2.75, 3.05) is 13.2 Å². The van der Waals surface area contributed by atoms with Crippen LogP contribution in [-0.4, -0.2) is 44.8 Å². The molecule has 1 N–H and O–H groups in total. The quantitative estimate of drug-likeness (QED) is 0.612. The molecule has 6 nitrogen and oxygen atoms in total. The van der Waals surface area contributed by atoms with Gasteiger partial charge >= 0.3 is 6.09 Å². The molecule has 0 bridgehead atoms. The van der Waals surface area contributed by atoms with Crippen molar-refractivity contribution in [2.45, 2.75) is 31.7 Å². The first-order valence-electron chi connectivity index (χ1n) is 9.92. The summed E-state index contributed by atoms with van der Waals surface area (Å²) in [6, 6.07) is 12.1. The number of piperidine rings is 1. The molecule has 3 aromatic rings. The molecule has 2 atom stereocenters. The van der Waals surface area contributed by atoms with Crippen LogP contribution in [0.1, 0.15) is 25.0 Å². The van der Waals surface area contributed by atoms with Gasteiger partial charge in [0.25, 0.3) is 0 Å². The number of amides is 1. The van der Waals surface area contributed by atoms with Gasteiger partial charge in [0.1, 0.15) is 5.75 Å². The van der Waals surface area contributed by atoms with Gasteiger partial charge in [-0.15, -0.1) is 11.3 Å². The smallest absolute Gasteiger partial charge is 0.407 e.